The Morgan fingerprint density at radius 3 is 2.69 bits per heavy atom. The van der Waals surface area contributed by atoms with Gasteiger partial charge in [-0.15, -0.1) is 0 Å². The van der Waals surface area contributed by atoms with E-state index in [0.29, 0.717) is 0 Å². The molecule has 0 saturated carbocycles. The molecule has 0 aliphatic carbocycles. The maximum atomic E-state index is 10.5. The molecule has 1 atom stereocenters. The summed E-state index contributed by atoms with van der Waals surface area (Å²) in [5.74, 6) is -0.0947. The van der Waals surface area contributed by atoms with Crippen molar-refractivity contribution >= 4 is 6.29 Å². The summed E-state index contributed by atoms with van der Waals surface area (Å²) in [7, 11) is 0. The molecule has 1 radical (unpaired) electrons. The van der Waals surface area contributed by atoms with Gasteiger partial charge < -0.3 is 0 Å². The standard InChI is InChI=1S/C12H15O/c1-3-6-11-7-4-5-8-12(11)10(2)9-13/h4-5,7-8,10H,3,6H2,1-2H3. The van der Waals surface area contributed by atoms with E-state index in [2.05, 4.69) is 13.0 Å². The van der Waals surface area contributed by atoms with Gasteiger partial charge in [-0.05, 0) is 17.5 Å². The second kappa shape index (κ2) is 4.80. The van der Waals surface area contributed by atoms with Gasteiger partial charge in [0.1, 0.15) is 0 Å². The van der Waals surface area contributed by atoms with E-state index in [1.165, 1.54) is 5.56 Å². The second-order valence-electron chi connectivity index (χ2n) is 3.29. The molecular formula is C12H15O. The average molecular weight is 175 g/mol. The van der Waals surface area contributed by atoms with Crippen molar-refractivity contribution in [3.8, 4) is 0 Å². The minimum atomic E-state index is -0.0947. The summed E-state index contributed by atoms with van der Waals surface area (Å²) in [6, 6.07) is 8.10. The molecule has 0 bridgehead atoms. The number of benzene rings is 1. The maximum Gasteiger partial charge on any atom is 0.206 e. The van der Waals surface area contributed by atoms with Gasteiger partial charge in [0.25, 0.3) is 0 Å². The average Bonchev–Trinajstić information content (AvgIpc) is 2.18. The third kappa shape index (κ3) is 2.41. The fourth-order valence-electron chi connectivity index (χ4n) is 1.52. The lowest BCUT2D eigenvalue weighted by atomic mass is 9.94. The lowest BCUT2D eigenvalue weighted by molar-refractivity contribution is 0.546. The van der Waals surface area contributed by atoms with E-state index in [-0.39, 0.29) is 5.92 Å². The SMILES string of the molecule is CCCc1ccccc1C(C)[C]=O. The highest BCUT2D eigenvalue weighted by Crippen LogP contribution is 2.19. The van der Waals surface area contributed by atoms with E-state index in [9.17, 15) is 4.79 Å². The van der Waals surface area contributed by atoms with Crippen molar-refractivity contribution in [3.05, 3.63) is 35.4 Å². The lowest BCUT2D eigenvalue weighted by Crippen LogP contribution is -1.99. The largest absolute Gasteiger partial charge is 0.290 e. The minimum absolute atomic E-state index is 0.0947. The normalized spacial score (nSPS) is 12.5. The van der Waals surface area contributed by atoms with Gasteiger partial charge in [0.05, 0.1) is 0 Å². The smallest absolute Gasteiger partial charge is 0.206 e. The van der Waals surface area contributed by atoms with Gasteiger partial charge in [-0.2, -0.15) is 0 Å². The Balaban J connectivity index is 2.96. The summed E-state index contributed by atoms with van der Waals surface area (Å²) in [4.78, 5) is 10.5. The monoisotopic (exact) mass is 175 g/mol. The van der Waals surface area contributed by atoms with E-state index in [1.54, 1.807) is 0 Å². The van der Waals surface area contributed by atoms with Gasteiger partial charge in [-0.1, -0.05) is 44.5 Å². The minimum Gasteiger partial charge on any atom is -0.290 e. The van der Waals surface area contributed by atoms with Crippen molar-refractivity contribution in [1.82, 2.24) is 0 Å². The maximum absolute atomic E-state index is 10.5. The van der Waals surface area contributed by atoms with Gasteiger partial charge in [0, 0.05) is 5.92 Å². The van der Waals surface area contributed by atoms with Crippen molar-refractivity contribution < 1.29 is 4.79 Å². The van der Waals surface area contributed by atoms with E-state index in [4.69, 9.17) is 0 Å². The zero-order valence-electron chi connectivity index (χ0n) is 8.21. The van der Waals surface area contributed by atoms with Crippen molar-refractivity contribution in [1.29, 1.82) is 0 Å². The summed E-state index contributed by atoms with van der Waals surface area (Å²) in [6.45, 7) is 4.04. The van der Waals surface area contributed by atoms with Crippen LogP contribution in [0.1, 0.15) is 37.3 Å². The summed E-state index contributed by atoms with van der Waals surface area (Å²) < 4.78 is 0. The van der Waals surface area contributed by atoms with E-state index >= 15 is 0 Å². The molecule has 0 fully saturated rings. The highest BCUT2D eigenvalue weighted by Gasteiger charge is 2.08. The molecule has 69 valence electrons. The van der Waals surface area contributed by atoms with Gasteiger partial charge in [-0.3, -0.25) is 4.79 Å². The molecular weight excluding hydrogens is 160 g/mol. The fraction of sp³-hybridized carbons (Fsp3) is 0.417. The zero-order valence-corrected chi connectivity index (χ0v) is 8.21. The summed E-state index contributed by atoms with van der Waals surface area (Å²) >= 11 is 0. The molecule has 0 saturated heterocycles. The molecule has 13 heavy (non-hydrogen) atoms. The van der Waals surface area contributed by atoms with E-state index < -0.39 is 0 Å². The van der Waals surface area contributed by atoms with Crippen LogP contribution in [-0.4, -0.2) is 6.29 Å². The van der Waals surface area contributed by atoms with Crippen molar-refractivity contribution in [2.45, 2.75) is 32.6 Å². The first-order chi connectivity index (χ1) is 6.29. The van der Waals surface area contributed by atoms with Gasteiger partial charge >= 0.3 is 0 Å². The molecule has 0 heterocycles. The Labute approximate surface area is 79.8 Å². The van der Waals surface area contributed by atoms with Crippen LogP contribution in [0.15, 0.2) is 24.3 Å². The van der Waals surface area contributed by atoms with Crippen LogP contribution < -0.4 is 0 Å². The fourth-order valence-corrected chi connectivity index (χ4v) is 1.52. The van der Waals surface area contributed by atoms with Gasteiger partial charge in [0.15, 0.2) is 0 Å². The molecule has 1 heteroatoms. The molecule has 1 unspecified atom stereocenters. The summed E-state index contributed by atoms with van der Waals surface area (Å²) in [5, 5.41) is 0. The topological polar surface area (TPSA) is 17.1 Å². The van der Waals surface area contributed by atoms with Crippen LogP contribution in [-0.2, 0) is 11.2 Å². The summed E-state index contributed by atoms with van der Waals surface area (Å²) in [6.07, 6.45) is 4.19. The predicted octanol–water partition coefficient (Wildman–Crippen LogP) is 2.85. The van der Waals surface area contributed by atoms with Crippen LogP contribution in [0.3, 0.4) is 0 Å². The van der Waals surface area contributed by atoms with E-state index in [0.717, 1.165) is 18.4 Å². The predicted molar refractivity (Wildman–Crippen MR) is 54.5 cm³/mol. The third-order valence-electron chi connectivity index (χ3n) is 2.22. The number of carbonyl (C=O) groups excluding carboxylic acids is 1. The number of hydrogen-bond acceptors (Lipinski definition) is 1. The molecule has 1 aromatic carbocycles. The second-order valence-corrected chi connectivity index (χ2v) is 3.29. The first-order valence-electron chi connectivity index (χ1n) is 4.75. The molecule has 0 aliphatic heterocycles. The number of aryl methyl sites for hydroxylation is 1. The van der Waals surface area contributed by atoms with Crippen LogP contribution in [0.25, 0.3) is 0 Å². The van der Waals surface area contributed by atoms with Crippen molar-refractivity contribution in [3.63, 3.8) is 0 Å². The Morgan fingerprint density at radius 2 is 2.08 bits per heavy atom. The first kappa shape index (κ1) is 9.97. The van der Waals surface area contributed by atoms with Crippen LogP contribution in [0.4, 0.5) is 0 Å². The lowest BCUT2D eigenvalue weighted by Gasteiger charge is -2.09. The van der Waals surface area contributed by atoms with Gasteiger partial charge in [-0.25, -0.2) is 0 Å². The molecule has 0 aromatic heterocycles. The van der Waals surface area contributed by atoms with E-state index in [1.807, 2.05) is 31.4 Å². The van der Waals surface area contributed by atoms with Crippen LogP contribution in [0.5, 0.6) is 0 Å². The molecule has 0 N–H and O–H groups in total. The molecule has 0 aliphatic rings. The highest BCUT2D eigenvalue weighted by atomic mass is 16.1. The van der Waals surface area contributed by atoms with Crippen molar-refractivity contribution in [2.24, 2.45) is 0 Å². The Kier molecular flexibility index (Phi) is 3.69. The highest BCUT2D eigenvalue weighted by molar-refractivity contribution is 5.63. The Hall–Kier alpha value is -1.11. The summed E-state index contributed by atoms with van der Waals surface area (Å²) in [5.41, 5.74) is 2.40. The molecule has 1 aromatic rings. The van der Waals surface area contributed by atoms with Crippen LogP contribution in [0, 0.1) is 0 Å². The Morgan fingerprint density at radius 1 is 1.38 bits per heavy atom. The quantitative estimate of drug-likeness (QED) is 0.687. The molecule has 1 rings (SSSR count). The van der Waals surface area contributed by atoms with Crippen LogP contribution >= 0.6 is 0 Å². The van der Waals surface area contributed by atoms with Crippen molar-refractivity contribution in [2.75, 3.05) is 0 Å². The van der Waals surface area contributed by atoms with Crippen LogP contribution in [0.2, 0.25) is 0 Å². The Bertz CT molecular complexity index is 278. The van der Waals surface area contributed by atoms with Gasteiger partial charge in [0.2, 0.25) is 6.29 Å². The number of hydrogen-bond donors (Lipinski definition) is 0. The molecule has 0 spiro atoms. The zero-order chi connectivity index (χ0) is 9.68. The number of rotatable bonds is 4. The molecule has 1 nitrogen and oxygen atoms in total. The molecule has 0 amide bonds. The third-order valence-corrected chi connectivity index (χ3v) is 2.22. The first-order valence-corrected chi connectivity index (χ1v) is 4.75.